The van der Waals surface area contributed by atoms with Gasteiger partial charge in [0.1, 0.15) is 5.92 Å². The lowest BCUT2D eigenvalue weighted by molar-refractivity contribution is -0.150. The number of hydrogen-bond donors (Lipinski definition) is 2. The first-order valence-electron chi connectivity index (χ1n) is 8.79. The number of carbonyl (C=O) groups excluding carboxylic acids is 3. The third kappa shape index (κ3) is 7.49. The van der Waals surface area contributed by atoms with Gasteiger partial charge in [0.25, 0.3) is 0 Å². The minimum absolute atomic E-state index is 0.0492. The minimum Gasteiger partial charge on any atom is -0.481 e. The molecule has 0 aliphatic carbocycles. The fourth-order valence-corrected chi connectivity index (χ4v) is 2.56. The van der Waals surface area contributed by atoms with Crippen LogP contribution in [0.4, 0.5) is 0 Å². The second-order valence-corrected chi connectivity index (χ2v) is 6.19. The van der Waals surface area contributed by atoms with Crippen LogP contribution in [0.2, 0.25) is 0 Å². The number of Topliss-reactive ketones (excluding diaryl/α,β-unsaturated/α-hetero) is 1. The summed E-state index contributed by atoms with van der Waals surface area (Å²) in [7, 11) is 1.47. The van der Waals surface area contributed by atoms with Crippen LogP contribution in [-0.4, -0.2) is 79.6 Å². The van der Waals surface area contributed by atoms with E-state index >= 15 is 0 Å². The van der Waals surface area contributed by atoms with E-state index in [0.717, 1.165) is 0 Å². The van der Waals surface area contributed by atoms with E-state index < -0.39 is 23.7 Å². The van der Waals surface area contributed by atoms with Crippen molar-refractivity contribution in [3.63, 3.8) is 0 Å². The van der Waals surface area contributed by atoms with Crippen molar-refractivity contribution >= 4 is 23.6 Å². The van der Waals surface area contributed by atoms with E-state index in [2.05, 4.69) is 5.32 Å². The third-order valence-corrected chi connectivity index (χ3v) is 4.33. The Morgan fingerprint density at radius 2 is 1.77 bits per heavy atom. The van der Waals surface area contributed by atoms with Crippen molar-refractivity contribution in [2.24, 2.45) is 5.92 Å². The molecule has 26 heavy (non-hydrogen) atoms. The van der Waals surface area contributed by atoms with Gasteiger partial charge in [-0.15, -0.1) is 0 Å². The summed E-state index contributed by atoms with van der Waals surface area (Å²) in [4.78, 5) is 49.0. The normalized spacial score (nSPS) is 25.9. The van der Waals surface area contributed by atoms with Crippen LogP contribution >= 0.6 is 0 Å². The molecule has 0 aromatic rings. The molecular weight excluding hydrogens is 344 g/mol. The summed E-state index contributed by atoms with van der Waals surface area (Å²) in [6, 6.07) is -0.861. The summed E-state index contributed by atoms with van der Waals surface area (Å²) in [6.45, 7) is 3.06. The minimum atomic E-state index is -1.24. The van der Waals surface area contributed by atoms with Gasteiger partial charge >= 0.3 is 5.97 Å². The van der Waals surface area contributed by atoms with Crippen LogP contribution in [0.5, 0.6) is 0 Å². The third-order valence-electron chi connectivity index (χ3n) is 4.33. The molecule has 0 radical (unpaired) electrons. The molecule has 2 amide bonds. The maximum atomic E-state index is 12.5. The first-order chi connectivity index (χ1) is 12.3. The zero-order valence-corrected chi connectivity index (χ0v) is 15.4. The Labute approximate surface area is 153 Å². The van der Waals surface area contributed by atoms with Crippen LogP contribution < -0.4 is 5.32 Å². The van der Waals surface area contributed by atoms with Crippen LogP contribution in [0, 0.1) is 5.92 Å². The second kappa shape index (κ2) is 11.6. The molecule has 1 aliphatic heterocycles. The topological polar surface area (TPSA) is 122 Å². The zero-order valence-electron chi connectivity index (χ0n) is 15.4. The molecule has 2 N–H and O–H groups in total. The van der Waals surface area contributed by atoms with E-state index in [-0.39, 0.29) is 44.1 Å². The van der Waals surface area contributed by atoms with Gasteiger partial charge in [0.15, 0.2) is 5.78 Å². The van der Waals surface area contributed by atoms with E-state index in [9.17, 15) is 24.3 Å². The van der Waals surface area contributed by atoms with Crippen molar-refractivity contribution in [1.82, 2.24) is 10.2 Å². The number of carboxylic acids is 1. The van der Waals surface area contributed by atoms with E-state index in [1.165, 1.54) is 18.9 Å². The lowest BCUT2D eigenvalue weighted by Gasteiger charge is -2.26. The van der Waals surface area contributed by atoms with Gasteiger partial charge in [0, 0.05) is 20.0 Å². The van der Waals surface area contributed by atoms with Gasteiger partial charge in [-0.2, -0.15) is 0 Å². The fraction of sp³-hybridized carbons (Fsp3) is 0.765. The highest BCUT2D eigenvalue weighted by Gasteiger charge is 2.33. The average Bonchev–Trinajstić information content (AvgIpc) is 2.60. The lowest BCUT2D eigenvalue weighted by atomic mass is 9.92. The van der Waals surface area contributed by atoms with Gasteiger partial charge in [0.05, 0.1) is 38.9 Å². The van der Waals surface area contributed by atoms with E-state index in [4.69, 9.17) is 9.47 Å². The number of aliphatic carboxylic acids is 1. The summed E-state index contributed by atoms with van der Waals surface area (Å²) < 4.78 is 10.6. The number of amides is 2. The number of rotatable bonds is 1. The number of carbonyl (C=O) groups is 4. The molecule has 0 aromatic carbocycles. The molecule has 0 spiro atoms. The van der Waals surface area contributed by atoms with Crippen LogP contribution in [0.1, 0.15) is 32.6 Å². The van der Waals surface area contributed by atoms with E-state index in [1.807, 2.05) is 0 Å². The number of ether oxygens (including phenoxy) is 2. The van der Waals surface area contributed by atoms with Gasteiger partial charge in [-0.3, -0.25) is 19.2 Å². The van der Waals surface area contributed by atoms with Crippen LogP contribution in [0.25, 0.3) is 0 Å². The Bertz CT molecular complexity index is 509. The Hall–Kier alpha value is -2.00. The highest BCUT2D eigenvalue weighted by atomic mass is 16.5. The molecule has 1 aliphatic rings. The number of likely N-dealkylation sites (N-methyl/N-ethyl adjacent to an activating group) is 1. The summed E-state index contributed by atoms with van der Waals surface area (Å²) in [6.07, 6.45) is 0.548. The quantitative estimate of drug-likeness (QED) is 0.613. The number of nitrogens with zero attached hydrogens (tertiary/aromatic N) is 1. The zero-order chi connectivity index (χ0) is 19.5. The first-order valence-corrected chi connectivity index (χ1v) is 8.79. The summed E-state index contributed by atoms with van der Waals surface area (Å²) in [5.41, 5.74) is 0. The molecule has 2 atom stereocenters. The summed E-state index contributed by atoms with van der Waals surface area (Å²) in [5, 5.41) is 12.0. The van der Waals surface area contributed by atoms with Gasteiger partial charge in [-0.05, 0) is 19.8 Å². The Kier molecular flexibility index (Phi) is 9.82. The first kappa shape index (κ1) is 22.0. The predicted molar refractivity (Wildman–Crippen MR) is 91.5 cm³/mol. The number of ketones is 1. The van der Waals surface area contributed by atoms with Crippen molar-refractivity contribution in [3.05, 3.63) is 0 Å². The summed E-state index contributed by atoms with van der Waals surface area (Å²) in [5.74, 6) is -3.54. The SMILES string of the molecule is CC1C(=O)C(C(=O)O)CCCC(=O)NCCOCCOCCC(=O)N1C. The second-order valence-electron chi connectivity index (χ2n) is 6.19. The maximum absolute atomic E-state index is 12.5. The lowest BCUT2D eigenvalue weighted by Crippen LogP contribution is -2.45. The molecular formula is C17H28N2O7. The van der Waals surface area contributed by atoms with Crippen molar-refractivity contribution < 1.29 is 33.8 Å². The van der Waals surface area contributed by atoms with Gasteiger partial charge < -0.3 is 24.8 Å². The highest BCUT2D eigenvalue weighted by Crippen LogP contribution is 2.15. The number of hydrogen-bond acceptors (Lipinski definition) is 6. The van der Waals surface area contributed by atoms with Crippen molar-refractivity contribution in [1.29, 1.82) is 0 Å². The maximum Gasteiger partial charge on any atom is 0.314 e. The van der Waals surface area contributed by atoms with Gasteiger partial charge in [0.2, 0.25) is 11.8 Å². The van der Waals surface area contributed by atoms with E-state index in [1.54, 1.807) is 0 Å². The van der Waals surface area contributed by atoms with Gasteiger partial charge in [-0.1, -0.05) is 0 Å². The fourth-order valence-electron chi connectivity index (χ4n) is 2.56. The Morgan fingerprint density at radius 3 is 2.42 bits per heavy atom. The monoisotopic (exact) mass is 372 g/mol. The molecule has 1 fully saturated rings. The molecule has 9 nitrogen and oxygen atoms in total. The predicted octanol–water partition coefficient (Wildman–Crippen LogP) is -0.173. The summed E-state index contributed by atoms with van der Waals surface area (Å²) >= 11 is 0. The molecule has 1 rings (SSSR count). The molecule has 9 heteroatoms. The van der Waals surface area contributed by atoms with E-state index in [0.29, 0.717) is 26.4 Å². The number of nitrogens with one attached hydrogen (secondary N) is 1. The molecule has 0 aromatic heterocycles. The van der Waals surface area contributed by atoms with Crippen LogP contribution in [0.3, 0.4) is 0 Å². The standard InChI is InChI=1S/C17H28N2O7/c1-12-16(22)13(17(23)24)4-3-5-14(20)18-7-9-26-11-10-25-8-6-15(21)19(12)2/h12-13H,3-11H2,1-2H3,(H,18,20)(H,23,24). The van der Waals surface area contributed by atoms with Crippen molar-refractivity contribution in [2.75, 3.05) is 40.0 Å². The Balaban J connectivity index is 2.76. The highest BCUT2D eigenvalue weighted by molar-refractivity contribution is 6.02. The molecule has 0 saturated carbocycles. The van der Waals surface area contributed by atoms with Gasteiger partial charge in [-0.25, -0.2) is 0 Å². The van der Waals surface area contributed by atoms with Crippen molar-refractivity contribution in [3.8, 4) is 0 Å². The smallest absolute Gasteiger partial charge is 0.314 e. The van der Waals surface area contributed by atoms with Crippen LogP contribution in [0.15, 0.2) is 0 Å². The molecule has 1 heterocycles. The molecule has 148 valence electrons. The molecule has 2 unspecified atom stereocenters. The van der Waals surface area contributed by atoms with Crippen molar-refractivity contribution in [2.45, 2.75) is 38.6 Å². The molecule has 1 saturated heterocycles. The number of carboxylic acid groups (broad SMARTS) is 1. The average molecular weight is 372 g/mol. The molecule has 0 bridgehead atoms. The Morgan fingerprint density at radius 1 is 1.12 bits per heavy atom. The largest absolute Gasteiger partial charge is 0.481 e. The van der Waals surface area contributed by atoms with Crippen LogP contribution in [-0.2, 0) is 28.7 Å².